The molecular weight excluding hydrogens is 437 g/mol. The van der Waals surface area contributed by atoms with Crippen molar-refractivity contribution in [2.75, 3.05) is 13.2 Å². The van der Waals surface area contributed by atoms with E-state index >= 15 is 0 Å². The van der Waals surface area contributed by atoms with Crippen molar-refractivity contribution in [1.82, 2.24) is 0 Å². The van der Waals surface area contributed by atoms with Crippen LogP contribution in [0.25, 0.3) is 22.3 Å². The molecule has 0 amide bonds. The van der Waals surface area contributed by atoms with Crippen molar-refractivity contribution in [2.24, 2.45) is 5.92 Å². The first-order valence-corrected chi connectivity index (χ1v) is 11.4. The van der Waals surface area contributed by atoms with E-state index in [1.165, 1.54) is 6.07 Å². The van der Waals surface area contributed by atoms with E-state index < -0.39 is 23.7 Å². The summed E-state index contributed by atoms with van der Waals surface area (Å²) in [4.78, 5) is 0. The molecule has 0 radical (unpaired) electrons. The maximum absolute atomic E-state index is 14.9. The molecule has 3 aromatic rings. The predicted molar refractivity (Wildman–Crippen MR) is 129 cm³/mol. The molecule has 2 nitrogen and oxygen atoms in total. The monoisotopic (exact) mass is 464 g/mol. The van der Waals surface area contributed by atoms with Crippen molar-refractivity contribution in [3.63, 3.8) is 0 Å². The molecule has 0 aliphatic carbocycles. The summed E-state index contributed by atoms with van der Waals surface area (Å²) in [7, 11) is 0. The average Bonchev–Trinajstić information content (AvgIpc) is 2.87. The van der Waals surface area contributed by atoms with E-state index in [-0.39, 0.29) is 11.5 Å². The Kier molecular flexibility index (Phi) is 7.66. The lowest BCUT2D eigenvalue weighted by Gasteiger charge is -2.28. The van der Waals surface area contributed by atoms with Crippen molar-refractivity contribution in [3.8, 4) is 22.3 Å². The summed E-state index contributed by atoms with van der Waals surface area (Å²) in [6.45, 7) is 6.67. The Balaban J connectivity index is 1.52. The molecule has 4 rings (SSSR count). The summed E-state index contributed by atoms with van der Waals surface area (Å²) in [5.41, 5.74) is 2.65. The second-order valence-corrected chi connectivity index (χ2v) is 8.29. The van der Waals surface area contributed by atoms with E-state index in [0.717, 1.165) is 6.42 Å². The molecule has 5 heteroatoms. The van der Waals surface area contributed by atoms with Crippen LogP contribution in [0.2, 0.25) is 0 Å². The van der Waals surface area contributed by atoms with E-state index in [2.05, 4.69) is 6.58 Å². The second-order valence-electron chi connectivity index (χ2n) is 8.29. The van der Waals surface area contributed by atoms with E-state index in [9.17, 15) is 13.2 Å². The molecule has 0 bridgehead atoms. The molecular formula is C29H27F3O2. The Morgan fingerprint density at radius 2 is 1.50 bits per heavy atom. The van der Waals surface area contributed by atoms with Gasteiger partial charge in [-0.15, -0.1) is 6.58 Å². The van der Waals surface area contributed by atoms with Gasteiger partial charge in [0.25, 0.3) is 0 Å². The fourth-order valence-corrected chi connectivity index (χ4v) is 3.94. The molecule has 176 valence electrons. The standard InChI is InChI=1S/C29H27F3O2/c1-3-5-6-7-22-12-15-25(28(32)27(22)31)21-10-8-20(9-11-21)24-14-13-23(16-26(24)30)29-33-17-19(4-2)18-34-29/h4-6,8-16,19,29H,2-3,7,17-18H2,1H3/b6-5-. The van der Waals surface area contributed by atoms with Crippen molar-refractivity contribution in [3.05, 3.63) is 108 Å². The van der Waals surface area contributed by atoms with Gasteiger partial charge in [0.2, 0.25) is 0 Å². The van der Waals surface area contributed by atoms with Crippen LogP contribution in [0.4, 0.5) is 13.2 Å². The topological polar surface area (TPSA) is 18.5 Å². The zero-order chi connectivity index (χ0) is 24.1. The number of ether oxygens (including phenoxy) is 2. The minimum Gasteiger partial charge on any atom is -0.348 e. The molecule has 0 spiro atoms. The minimum absolute atomic E-state index is 0.131. The number of halogens is 3. The van der Waals surface area contributed by atoms with Gasteiger partial charge in [0.05, 0.1) is 13.2 Å². The molecule has 0 unspecified atom stereocenters. The van der Waals surface area contributed by atoms with Crippen LogP contribution >= 0.6 is 0 Å². The molecule has 0 N–H and O–H groups in total. The van der Waals surface area contributed by atoms with Crippen LogP contribution in [0.1, 0.15) is 30.8 Å². The van der Waals surface area contributed by atoms with Crippen molar-refractivity contribution >= 4 is 0 Å². The fraction of sp³-hybridized carbons (Fsp3) is 0.241. The largest absolute Gasteiger partial charge is 0.348 e. The summed E-state index contributed by atoms with van der Waals surface area (Å²) in [6.07, 6.45) is 6.11. The van der Waals surface area contributed by atoms with Gasteiger partial charge in [-0.25, -0.2) is 13.2 Å². The molecule has 3 aromatic carbocycles. The van der Waals surface area contributed by atoms with Crippen LogP contribution < -0.4 is 0 Å². The number of benzene rings is 3. The molecule has 0 atom stereocenters. The Morgan fingerprint density at radius 1 is 0.853 bits per heavy atom. The van der Waals surface area contributed by atoms with Crippen LogP contribution in [-0.2, 0) is 15.9 Å². The van der Waals surface area contributed by atoms with Crippen LogP contribution in [0.5, 0.6) is 0 Å². The van der Waals surface area contributed by atoms with E-state index in [0.29, 0.717) is 47.5 Å². The van der Waals surface area contributed by atoms with E-state index in [1.807, 2.05) is 19.1 Å². The molecule has 34 heavy (non-hydrogen) atoms. The summed E-state index contributed by atoms with van der Waals surface area (Å²) in [5, 5.41) is 0. The van der Waals surface area contributed by atoms with Gasteiger partial charge in [0.15, 0.2) is 17.9 Å². The van der Waals surface area contributed by atoms with E-state index in [4.69, 9.17) is 9.47 Å². The average molecular weight is 465 g/mol. The first-order chi connectivity index (χ1) is 16.5. The van der Waals surface area contributed by atoms with Gasteiger partial charge >= 0.3 is 0 Å². The zero-order valence-electron chi connectivity index (χ0n) is 19.1. The Labute approximate surface area is 198 Å². The first kappa shape index (κ1) is 24.0. The highest BCUT2D eigenvalue weighted by molar-refractivity contribution is 5.71. The van der Waals surface area contributed by atoms with Crippen LogP contribution in [0, 0.1) is 23.4 Å². The maximum Gasteiger partial charge on any atom is 0.183 e. The SMILES string of the molecule is C=CC1COC(c2ccc(-c3ccc(-c4ccc(C/C=C\CC)c(F)c4F)cc3)c(F)c2)OC1. The minimum atomic E-state index is -0.878. The van der Waals surface area contributed by atoms with Gasteiger partial charge in [-0.05, 0) is 35.6 Å². The van der Waals surface area contributed by atoms with Gasteiger partial charge in [0.1, 0.15) is 5.82 Å². The van der Waals surface area contributed by atoms with Gasteiger partial charge < -0.3 is 9.47 Å². The van der Waals surface area contributed by atoms with Crippen molar-refractivity contribution < 1.29 is 22.6 Å². The predicted octanol–water partition coefficient (Wildman–Crippen LogP) is 7.79. The summed E-state index contributed by atoms with van der Waals surface area (Å²) in [6, 6.07) is 14.8. The quantitative estimate of drug-likeness (QED) is 0.332. The number of hydrogen-bond donors (Lipinski definition) is 0. The second kappa shape index (κ2) is 10.9. The lowest BCUT2D eigenvalue weighted by Crippen LogP contribution is -2.25. The highest BCUT2D eigenvalue weighted by atomic mass is 19.2. The molecule has 0 aromatic heterocycles. The smallest absolute Gasteiger partial charge is 0.183 e. The third-order valence-corrected chi connectivity index (χ3v) is 5.93. The lowest BCUT2D eigenvalue weighted by molar-refractivity contribution is -0.197. The highest BCUT2D eigenvalue weighted by Gasteiger charge is 2.23. The molecule has 1 saturated heterocycles. The lowest BCUT2D eigenvalue weighted by atomic mass is 9.97. The van der Waals surface area contributed by atoms with Gasteiger partial charge in [-0.3, -0.25) is 0 Å². The zero-order valence-corrected chi connectivity index (χ0v) is 19.1. The Bertz CT molecular complexity index is 1180. The molecule has 1 aliphatic heterocycles. The van der Waals surface area contributed by atoms with Crippen LogP contribution in [0.15, 0.2) is 79.4 Å². The molecule has 1 fully saturated rings. The van der Waals surface area contributed by atoms with Gasteiger partial charge in [-0.1, -0.05) is 73.7 Å². The number of rotatable bonds is 7. The van der Waals surface area contributed by atoms with Crippen LogP contribution in [0.3, 0.4) is 0 Å². The molecule has 1 aliphatic rings. The highest BCUT2D eigenvalue weighted by Crippen LogP contribution is 2.32. The van der Waals surface area contributed by atoms with Crippen molar-refractivity contribution in [2.45, 2.75) is 26.1 Å². The first-order valence-electron chi connectivity index (χ1n) is 11.4. The molecule has 0 saturated carbocycles. The molecule has 1 heterocycles. The summed E-state index contributed by atoms with van der Waals surface area (Å²) >= 11 is 0. The van der Waals surface area contributed by atoms with Gasteiger partial charge in [-0.2, -0.15) is 0 Å². The fourth-order valence-electron chi connectivity index (χ4n) is 3.94. The van der Waals surface area contributed by atoms with E-state index in [1.54, 1.807) is 54.6 Å². The maximum atomic E-state index is 14.9. The van der Waals surface area contributed by atoms with Crippen molar-refractivity contribution in [1.29, 1.82) is 0 Å². The third kappa shape index (κ3) is 5.16. The Hall–Kier alpha value is -3.15. The summed E-state index contributed by atoms with van der Waals surface area (Å²) < 4.78 is 55.5. The van der Waals surface area contributed by atoms with Crippen LogP contribution in [-0.4, -0.2) is 13.2 Å². The summed E-state index contributed by atoms with van der Waals surface area (Å²) in [5.74, 6) is -2.00. The normalized spacial score (nSPS) is 18.4. The Morgan fingerprint density at radius 3 is 2.12 bits per heavy atom. The van der Waals surface area contributed by atoms with Gasteiger partial charge in [0, 0.05) is 22.6 Å². The third-order valence-electron chi connectivity index (χ3n) is 5.93. The number of allylic oxidation sites excluding steroid dienone is 2. The number of hydrogen-bond acceptors (Lipinski definition) is 2.